The Bertz CT molecular complexity index is 1460. The monoisotopic (exact) mass is 571 g/mol. The van der Waals surface area contributed by atoms with Crippen molar-refractivity contribution in [2.24, 2.45) is 21.7 Å². The fourth-order valence-electron chi connectivity index (χ4n) is 4.06. The molecular weight excluding hydrogens is 545 g/mol. The summed E-state index contributed by atoms with van der Waals surface area (Å²) < 4.78 is 29.2. The predicted molar refractivity (Wildman–Crippen MR) is 152 cm³/mol. The van der Waals surface area contributed by atoms with Crippen LogP contribution in [0.25, 0.3) is 0 Å². The first kappa shape index (κ1) is 27.6. The molecular formula is C27H27Cl2N5O3S. The van der Waals surface area contributed by atoms with Crippen molar-refractivity contribution < 1.29 is 13.2 Å². The lowest BCUT2D eigenvalue weighted by Gasteiger charge is -2.24. The van der Waals surface area contributed by atoms with E-state index >= 15 is 0 Å². The average molecular weight is 573 g/mol. The number of hydrogen-bond donors (Lipinski definition) is 2. The highest BCUT2D eigenvalue weighted by Crippen LogP contribution is 2.36. The van der Waals surface area contributed by atoms with Gasteiger partial charge in [-0.25, -0.2) is 8.42 Å². The number of hydrogen-bond acceptors (Lipinski definition) is 6. The van der Waals surface area contributed by atoms with Crippen LogP contribution in [0.1, 0.15) is 31.9 Å². The second-order valence-electron chi connectivity index (χ2n) is 9.13. The van der Waals surface area contributed by atoms with E-state index in [9.17, 15) is 13.2 Å². The van der Waals surface area contributed by atoms with Crippen LogP contribution in [0.3, 0.4) is 0 Å². The molecule has 1 aliphatic heterocycles. The van der Waals surface area contributed by atoms with E-state index < -0.39 is 22.0 Å². The number of anilines is 1. The molecule has 8 nitrogen and oxygen atoms in total. The van der Waals surface area contributed by atoms with Gasteiger partial charge < -0.3 is 5.73 Å². The lowest BCUT2D eigenvalue weighted by molar-refractivity contribution is -0.120. The zero-order valence-corrected chi connectivity index (χ0v) is 23.1. The highest BCUT2D eigenvalue weighted by Gasteiger charge is 2.34. The van der Waals surface area contributed by atoms with Gasteiger partial charge in [0.25, 0.3) is 10.0 Å². The second kappa shape index (κ2) is 11.6. The molecule has 0 bridgehead atoms. The topological polar surface area (TPSA) is 117 Å². The van der Waals surface area contributed by atoms with E-state index in [4.69, 9.17) is 34.0 Å². The molecule has 1 amide bonds. The summed E-state index contributed by atoms with van der Waals surface area (Å²) in [5, 5.41) is 7.55. The van der Waals surface area contributed by atoms with E-state index in [1.807, 2.05) is 42.5 Å². The molecule has 11 heteroatoms. The minimum absolute atomic E-state index is 0.0115. The number of benzene rings is 3. The standard InChI is InChI=1S/C27H27Cl2N5O3S/c1-17(2)25(26(30)35)31-27(33-38(36,37)22-14-10-20(29)11-15-22)23-16-24(18-6-4-3-5-7-18)34(32-23)21-12-8-19(28)9-13-21/h3-15,17,24-25H,16H2,1-2H3,(H2,30,35)(H,31,33)/t24?,25-/m0/s1. The molecule has 0 aromatic heterocycles. The Morgan fingerprint density at radius 3 is 2.13 bits per heavy atom. The minimum Gasteiger partial charge on any atom is -0.368 e. The minimum atomic E-state index is -4.09. The van der Waals surface area contributed by atoms with Crippen LogP contribution in [-0.4, -0.2) is 31.9 Å². The number of carbonyl (C=O) groups excluding carboxylic acids is 1. The van der Waals surface area contributed by atoms with Gasteiger partial charge >= 0.3 is 0 Å². The maximum Gasteiger partial charge on any atom is 0.263 e. The second-order valence-corrected chi connectivity index (χ2v) is 11.7. The summed E-state index contributed by atoms with van der Waals surface area (Å²) in [6.07, 6.45) is 0.318. The molecule has 4 rings (SSSR count). The van der Waals surface area contributed by atoms with E-state index in [-0.39, 0.29) is 22.7 Å². The molecule has 0 spiro atoms. The molecule has 198 valence electrons. The summed E-state index contributed by atoms with van der Waals surface area (Å²) in [7, 11) is -4.09. The zero-order chi connectivity index (χ0) is 27.4. The molecule has 0 aliphatic carbocycles. The van der Waals surface area contributed by atoms with E-state index in [1.165, 1.54) is 24.3 Å². The summed E-state index contributed by atoms with van der Waals surface area (Å²) in [6, 6.07) is 21.4. The first-order chi connectivity index (χ1) is 18.0. The van der Waals surface area contributed by atoms with Crippen LogP contribution in [-0.2, 0) is 14.8 Å². The average Bonchev–Trinajstić information content (AvgIpc) is 3.33. The van der Waals surface area contributed by atoms with E-state index in [1.54, 1.807) is 31.0 Å². The third kappa shape index (κ3) is 6.35. The molecule has 0 saturated carbocycles. The van der Waals surface area contributed by atoms with Gasteiger partial charge in [-0.15, -0.1) is 0 Å². The summed E-state index contributed by atoms with van der Waals surface area (Å²) >= 11 is 12.1. The van der Waals surface area contributed by atoms with Crippen molar-refractivity contribution >= 4 is 56.4 Å². The number of halogens is 2. The van der Waals surface area contributed by atoms with Gasteiger partial charge in [-0.1, -0.05) is 67.4 Å². The molecule has 38 heavy (non-hydrogen) atoms. The molecule has 1 aliphatic rings. The number of aliphatic imine (C=N–C) groups is 1. The Balaban J connectivity index is 1.81. The third-order valence-corrected chi connectivity index (χ3v) is 7.86. The van der Waals surface area contributed by atoms with Crippen LogP contribution in [0.5, 0.6) is 0 Å². The number of rotatable bonds is 8. The van der Waals surface area contributed by atoms with Gasteiger partial charge in [-0.2, -0.15) is 5.10 Å². The van der Waals surface area contributed by atoms with Crippen molar-refractivity contribution in [3.8, 4) is 0 Å². The number of amides is 1. The van der Waals surface area contributed by atoms with Crippen LogP contribution >= 0.6 is 23.2 Å². The van der Waals surface area contributed by atoms with E-state index in [0.29, 0.717) is 22.2 Å². The van der Waals surface area contributed by atoms with Crippen molar-refractivity contribution in [3.05, 3.63) is 94.5 Å². The van der Waals surface area contributed by atoms with Crippen LogP contribution in [0.4, 0.5) is 5.69 Å². The molecule has 2 atom stereocenters. The maximum atomic E-state index is 13.3. The summed E-state index contributed by atoms with van der Waals surface area (Å²) in [6.45, 7) is 3.57. The first-order valence-corrected chi connectivity index (χ1v) is 14.1. The number of nitrogens with zero attached hydrogens (tertiary/aromatic N) is 3. The predicted octanol–water partition coefficient (Wildman–Crippen LogP) is 5.19. The van der Waals surface area contributed by atoms with Crippen LogP contribution in [0.15, 0.2) is 93.9 Å². The highest BCUT2D eigenvalue weighted by molar-refractivity contribution is 7.90. The molecule has 0 radical (unpaired) electrons. The largest absolute Gasteiger partial charge is 0.368 e. The van der Waals surface area contributed by atoms with Crippen molar-refractivity contribution in [1.29, 1.82) is 0 Å². The lowest BCUT2D eigenvalue weighted by Crippen LogP contribution is -2.40. The molecule has 3 aromatic rings. The number of nitrogens with one attached hydrogen (secondary N) is 1. The number of amidine groups is 1. The summed E-state index contributed by atoms with van der Waals surface area (Å²) in [5.41, 5.74) is 7.71. The molecule has 1 unspecified atom stereocenters. The fourth-order valence-corrected chi connectivity index (χ4v) is 5.35. The lowest BCUT2D eigenvalue weighted by atomic mass is 10.0. The molecule has 3 aromatic carbocycles. The van der Waals surface area contributed by atoms with Gasteiger partial charge in [-0.05, 0) is 60.0 Å². The van der Waals surface area contributed by atoms with E-state index in [0.717, 1.165) is 11.3 Å². The van der Waals surface area contributed by atoms with Gasteiger partial charge in [0.1, 0.15) is 11.8 Å². The van der Waals surface area contributed by atoms with Crippen molar-refractivity contribution in [1.82, 2.24) is 4.72 Å². The number of nitrogens with two attached hydrogens (primary N) is 1. The molecule has 0 fully saturated rings. The van der Waals surface area contributed by atoms with E-state index in [2.05, 4.69) is 9.71 Å². The highest BCUT2D eigenvalue weighted by atomic mass is 35.5. The number of primary amides is 1. The number of carbonyl (C=O) groups is 1. The maximum absolute atomic E-state index is 13.3. The van der Waals surface area contributed by atoms with Crippen LogP contribution in [0.2, 0.25) is 10.0 Å². The smallest absolute Gasteiger partial charge is 0.263 e. The van der Waals surface area contributed by atoms with Gasteiger partial charge in [0.05, 0.1) is 16.6 Å². The molecule has 1 heterocycles. The third-order valence-electron chi connectivity index (χ3n) is 6.01. The van der Waals surface area contributed by atoms with Crippen molar-refractivity contribution in [3.63, 3.8) is 0 Å². The number of sulfonamides is 1. The molecule has 3 N–H and O–H groups in total. The first-order valence-electron chi connectivity index (χ1n) is 11.9. The fraction of sp³-hybridized carbons (Fsp3) is 0.222. The summed E-state index contributed by atoms with van der Waals surface area (Å²) in [5.74, 6) is -0.993. The Morgan fingerprint density at radius 2 is 1.58 bits per heavy atom. The number of hydrazone groups is 1. The van der Waals surface area contributed by atoms with Gasteiger partial charge in [-0.3, -0.25) is 19.5 Å². The Labute approximate surface area is 232 Å². The molecule has 0 saturated heterocycles. The van der Waals surface area contributed by atoms with Crippen molar-refractivity contribution in [2.45, 2.75) is 37.2 Å². The Kier molecular flexibility index (Phi) is 8.40. The van der Waals surface area contributed by atoms with Gasteiger partial charge in [0.2, 0.25) is 5.91 Å². The van der Waals surface area contributed by atoms with Crippen LogP contribution < -0.4 is 15.5 Å². The Morgan fingerprint density at radius 1 is 1.00 bits per heavy atom. The zero-order valence-electron chi connectivity index (χ0n) is 20.8. The van der Waals surface area contributed by atoms with Gasteiger partial charge in [0.15, 0.2) is 5.84 Å². The quantitative estimate of drug-likeness (QED) is 0.286. The Hall–Kier alpha value is -3.40. The van der Waals surface area contributed by atoms with Crippen molar-refractivity contribution in [2.75, 3.05) is 5.01 Å². The SMILES string of the molecule is CC(C)[C@H](N=C(NS(=O)(=O)c1ccc(Cl)cc1)C1=NN(c2ccc(Cl)cc2)C(c2ccccc2)C1)C(N)=O. The van der Waals surface area contributed by atoms with Gasteiger partial charge in [0, 0.05) is 16.5 Å². The normalized spacial score (nSPS) is 16.9. The van der Waals surface area contributed by atoms with Crippen LogP contribution in [0, 0.1) is 5.92 Å². The summed E-state index contributed by atoms with van der Waals surface area (Å²) in [4.78, 5) is 16.7.